The number of allylic oxidation sites excluding steroid dienone is 1. The van der Waals surface area contributed by atoms with Gasteiger partial charge in [-0.25, -0.2) is 4.98 Å². The quantitative estimate of drug-likeness (QED) is 0.426. The van der Waals surface area contributed by atoms with E-state index in [-0.39, 0.29) is 6.04 Å². The monoisotopic (exact) mass is 466 g/mol. The van der Waals surface area contributed by atoms with Gasteiger partial charge in [-0.3, -0.25) is 15.0 Å². The smallest absolute Gasteiger partial charge is 0.157 e. The van der Waals surface area contributed by atoms with Crippen molar-refractivity contribution in [3.8, 4) is 11.1 Å². The largest absolute Gasteiger partial charge is 0.376 e. The standard InChI is InChI=1S/C27H26N6S/c1-16-9-18-7-6-17(19-10-20(33(2)3)13-28-12-19)11-21(18)26(30-16)27-31-23-15-29-14-22(25(23)32-27)24-5-4-8-34-24/h4,6-8,10-16,24H,5,9H2,1-3H3,(H,31,32)/t16-,24?/m0/s1. The summed E-state index contributed by atoms with van der Waals surface area (Å²) in [4.78, 5) is 24.7. The average Bonchev–Trinajstić information content (AvgIpc) is 3.53. The summed E-state index contributed by atoms with van der Waals surface area (Å²) in [6.07, 6.45) is 11.8. The van der Waals surface area contributed by atoms with Gasteiger partial charge in [-0.15, -0.1) is 11.8 Å². The fraction of sp³-hybridized carbons (Fsp3) is 0.259. The molecule has 6 nitrogen and oxygen atoms in total. The highest BCUT2D eigenvalue weighted by Gasteiger charge is 2.25. The molecular formula is C27H26N6S. The van der Waals surface area contributed by atoms with E-state index < -0.39 is 0 Å². The highest BCUT2D eigenvalue weighted by atomic mass is 32.2. The molecule has 34 heavy (non-hydrogen) atoms. The van der Waals surface area contributed by atoms with E-state index in [2.05, 4.69) is 62.5 Å². The number of imidazole rings is 1. The van der Waals surface area contributed by atoms with Gasteiger partial charge in [0.05, 0.1) is 35.2 Å². The lowest BCUT2D eigenvalue weighted by molar-refractivity contribution is 0.727. The molecule has 0 fully saturated rings. The van der Waals surface area contributed by atoms with Crippen molar-refractivity contribution in [1.82, 2.24) is 19.9 Å². The molecule has 7 heteroatoms. The molecule has 5 heterocycles. The topological polar surface area (TPSA) is 70.1 Å². The van der Waals surface area contributed by atoms with Gasteiger partial charge >= 0.3 is 0 Å². The van der Waals surface area contributed by atoms with Crippen molar-refractivity contribution in [1.29, 1.82) is 0 Å². The van der Waals surface area contributed by atoms with Gasteiger partial charge in [0.1, 0.15) is 5.71 Å². The van der Waals surface area contributed by atoms with E-state index in [4.69, 9.17) is 9.98 Å². The van der Waals surface area contributed by atoms with E-state index in [0.717, 1.165) is 57.8 Å². The summed E-state index contributed by atoms with van der Waals surface area (Å²) >= 11 is 1.83. The Balaban J connectivity index is 1.45. The molecule has 1 N–H and O–H groups in total. The molecule has 2 aliphatic heterocycles. The van der Waals surface area contributed by atoms with Crippen molar-refractivity contribution < 1.29 is 0 Å². The summed E-state index contributed by atoms with van der Waals surface area (Å²) in [5.41, 5.74) is 9.79. The minimum atomic E-state index is 0.201. The van der Waals surface area contributed by atoms with Gasteiger partial charge in [-0.05, 0) is 48.4 Å². The number of pyridine rings is 2. The number of nitrogens with one attached hydrogen (secondary N) is 1. The molecule has 0 bridgehead atoms. The summed E-state index contributed by atoms with van der Waals surface area (Å²) in [6.45, 7) is 2.16. The molecular weight excluding hydrogens is 440 g/mol. The number of aromatic nitrogens is 4. The first-order valence-corrected chi connectivity index (χ1v) is 12.5. The summed E-state index contributed by atoms with van der Waals surface area (Å²) in [6, 6.07) is 9.03. The predicted octanol–water partition coefficient (Wildman–Crippen LogP) is 5.56. The van der Waals surface area contributed by atoms with E-state index in [0.29, 0.717) is 5.25 Å². The third-order valence-electron chi connectivity index (χ3n) is 6.49. The van der Waals surface area contributed by atoms with Gasteiger partial charge in [0.25, 0.3) is 0 Å². The molecule has 170 valence electrons. The zero-order chi connectivity index (χ0) is 23.2. The Bertz CT molecular complexity index is 1440. The van der Waals surface area contributed by atoms with E-state index in [1.54, 1.807) is 0 Å². The van der Waals surface area contributed by atoms with Gasteiger partial charge in [0.2, 0.25) is 0 Å². The molecule has 1 unspecified atom stereocenters. The molecule has 2 atom stereocenters. The fourth-order valence-electron chi connectivity index (χ4n) is 4.71. The number of rotatable bonds is 4. The highest BCUT2D eigenvalue weighted by molar-refractivity contribution is 8.02. The molecule has 0 aliphatic carbocycles. The van der Waals surface area contributed by atoms with Crippen LogP contribution < -0.4 is 4.90 Å². The van der Waals surface area contributed by atoms with Crippen LogP contribution in [0.25, 0.3) is 22.2 Å². The van der Waals surface area contributed by atoms with Crippen molar-refractivity contribution >= 4 is 34.2 Å². The van der Waals surface area contributed by atoms with Gasteiger partial charge in [0, 0.05) is 48.4 Å². The van der Waals surface area contributed by atoms with Crippen LogP contribution in [0.4, 0.5) is 5.69 Å². The van der Waals surface area contributed by atoms with Gasteiger partial charge < -0.3 is 9.88 Å². The lowest BCUT2D eigenvalue weighted by Gasteiger charge is -2.21. The van der Waals surface area contributed by atoms with E-state index in [9.17, 15) is 0 Å². The second-order valence-corrected chi connectivity index (χ2v) is 10.3. The molecule has 0 radical (unpaired) electrons. The molecule has 0 spiro atoms. The third-order valence-corrected chi connectivity index (χ3v) is 7.61. The van der Waals surface area contributed by atoms with E-state index in [1.165, 1.54) is 11.1 Å². The van der Waals surface area contributed by atoms with Crippen LogP contribution in [-0.4, -0.2) is 45.8 Å². The third kappa shape index (κ3) is 3.70. The van der Waals surface area contributed by atoms with Gasteiger partial charge in [-0.1, -0.05) is 18.2 Å². The van der Waals surface area contributed by atoms with Crippen LogP contribution in [0.1, 0.15) is 41.1 Å². The van der Waals surface area contributed by atoms with Gasteiger partial charge in [-0.2, -0.15) is 0 Å². The number of hydrogen-bond donors (Lipinski definition) is 1. The zero-order valence-electron chi connectivity index (χ0n) is 19.5. The normalized spacial score (nSPS) is 19.3. The number of thioether (sulfide) groups is 1. The minimum absolute atomic E-state index is 0.201. The van der Waals surface area contributed by atoms with Gasteiger partial charge in [0.15, 0.2) is 5.82 Å². The lowest BCUT2D eigenvalue weighted by atomic mass is 9.90. The SMILES string of the molecule is C[C@H]1Cc2ccc(-c3cncc(N(C)C)c3)cc2C(c2nc3c(C4CC=CS4)cncc3[nH]2)=N1. The van der Waals surface area contributed by atoms with Crippen molar-refractivity contribution in [2.45, 2.75) is 31.1 Å². The first-order valence-electron chi connectivity index (χ1n) is 11.5. The van der Waals surface area contributed by atoms with Crippen LogP contribution in [0.15, 0.2) is 65.5 Å². The van der Waals surface area contributed by atoms with E-state index >= 15 is 0 Å². The second-order valence-electron chi connectivity index (χ2n) is 9.17. The average molecular weight is 467 g/mol. The Hall–Kier alpha value is -3.45. The maximum Gasteiger partial charge on any atom is 0.157 e. The van der Waals surface area contributed by atoms with Crippen molar-refractivity contribution in [3.63, 3.8) is 0 Å². The number of H-pyrrole nitrogens is 1. The molecule has 4 aromatic rings. The Kier molecular flexibility index (Phi) is 5.21. The molecule has 0 saturated heterocycles. The molecule has 1 aromatic carbocycles. The fourth-order valence-corrected chi connectivity index (χ4v) is 5.67. The Morgan fingerprint density at radius 1 is 1.03 bits per heavy atom. The summed E-state index contributed by atoms with van der Waals surface area (Å²) < 4.78 is 0. The molecule has 3 aromatic heterocycles. The minimum Gasteiger partial charge on any atom is -0.376 e. The number of fused-ring (bicyclic) bond motifs is 2. The number of benzene rings is 1. The van der Waals surface area contributed by atoms with Crippen LogP contribution >= 0.6 is 11.8 Å². The maximum absolute atomic E-state index is 5.07. The lowest BCUT2D eigenvalue weighted by Crippen LogP contribution is -2.20. The molecule has 0 saturated carbocycles. The Labute approximate surface area is 203 Å². The van der Waals surface area contributed by atoms with Crippen molar-refractivity contribution in [3.05, 3.63) is 83.1 Å². The van der Waals surface area contributed by atoms with Crippen LogP contribution in [0.2, 0.25) is 0 Å². The number of hydrogen-bond acceptors (Lipinski definition) is 6. The molecule has 0 amide bonds. The van der Waals surface area contributed by atoms with Crippen LogP contribution in [0, 0.1) is 0 Å². The molecule has 2 aliphatic rings. The maximum atomic E-state index is 5.07. The van der Waals surface area contributed by atoms with Crippen LogP contribution in [0.3, 0.4) is 0 Å². The van der Waals surface area contributed by atoms with Crippen molar-refractivity contribution in [2.24, 2.45) is 4.99 Å². The Morgan fingerprint density at radius 3 is 2.74 bits per heavy atom. The summed E-state index contributed by atoms with van der Waals surface area (Å²) in [5, 5.41) is 2.54. The second kappa shape index (κ2) is 8.40. The zero-order valence-corrected chi connectivity index (χ0v) is 20.3. The van der Waals surface area contributed by atoms with Crippen LogP contribution in [0.5, 0.6) is 0 Å². The van der Waals surface area contributed by atoms with Crippen molar-refractivity contribution in [2.75, 3.05) is 19.0 Å². The number of nitrogens with zero attached hydrogens (tertiary/aromatic N) is 5. The summed E-state index contributed by atoms with van der Waals surface area (Å²) in [5.74, 6) is 0.810. The van der Waals surface area contributed by atoms with E-state index in [1.807, 2.05) is 50.6 Å². The first-order chi connectivity index (χ1) is 16.6. The Morgan fingerprint density at radius 2 is 1.91 bits per heavy atom. The molecule has 6 rings (SSSR count). The highest BCUT2D eigenvalue weighted by Crippen LogP contribution is 2.40. The van der Waals surface area contributed by atoms with Crippen LogP contribution in [-0.2, 0) is 6.42 Å². The number of aliphatic imine (C=N–C) groups is 1. The first kappa shape index (κ1) is 21.1. The summed E-state index contributed by atoms with van der Waals surface area (Å²) in [7, 11) is 4.06. The predicted molar refractivity (Wildman–Crippen MR) is 141 cm³/mol. The number of aromatic amines is 1. The number of anilines is 1.